The molecule has 4 nitrogen and oxygen atoms in total. The minimum Gasteiger partial charge on any atom is -0.492 e. The summed E-state index contributed by atoms with van der Waals surface area (Å²) in [6.07, 6.45) is 1.17. The molecular weight excluding hydrogens is 308 g/mol. The van der Waals surface area contributed by atoms with Crippen LogP contribution in [0.3, 0.4) is 0 Å². The van der Waals surface area contributed by atoms with Gasteiger partial charge in [-0.15, -0.1) is 0 Å². The van der Waals surface area contributed by atoms with E-state index >= 15 is 0 Å². The van der Waals surface area contributed by atoms with Gasteiger partial charge in [0, 0.05) is 16.8 Å². The third kappa shape index (κ3) is 5.77. The van der Waals surface area contributed by atoms with Gasteiger partial charge >= 0.3 is 0 Å². The van der Waals surface area contributed by atoms with Crippen molar-refractivity contribution >= 4 is 29.3 Å². The second-order valence-corrected chi connectivity index (χ2v) is 6.67. The maximum Gasteiger partial charge on any atom is 0.234 e. The highest BCUT2D eigenvalue weighted by atomic mass is 35.5. The summed E-state index contributed by atoms with van der Waals surface area (Å²) in [5.41, 5.74) is 0. The molecule has 1 N–H and O–H groups in total. The Morgan fingerprint density at radius 3 is 2.90 bits per heavy atom. The van der Waals surface area contributed by atoms with E-state index in [9.17, 15) is 4.79 Å². The molecule has 1 amide bonds. The highest BCUT2D eigenvalue weighted by molar-refractivity contribution is 7.99. The second kappa shape index (κ2) is 8.51. The number of hydrogen-bond donors (Lipinski definition) is 1. The Bertz CT molecular complexity index is 449. The van der Waals surface area contributed by atoms with Gasteiger partial charge in [0.25, 0.3) is 0 Å². The normalized spacial score (nSPS) is 18.0. The molecule has 1 atom stereocenters. The number of thioether (sulfide) groups is 1. The predicted molar refractivity (Wildman–Crippen MR) is 88.3 cm³/mol. The molecule has 1 saturated heterocycles. The van der Waals surface area contributed by atoms with Crippen LogP contribution in [0.1, 0.15) is 6.42 Å². The smallest absolute Gasteiger partial charge is 0.234 e. The van der Waals surface area contributed by atoms with Gasteiger partial charge in [-0.05, 0) is 43.5 Å². The lowest BCUT2D eigenvalue weighted by molar-refractivity contribution is -0.122. The fraction of sp³-hybridized carbons (Fsp3) is 0.533. The van der Waals surface area contributed by atoms with E-state index in [1.807, 2.05) is 30.9 Å². The van der Waals surface area contributed by atoms with Gasteiger partial charge in [0.2, 0.25) is 5.91 Å². The standard InChI is InChI=1S/C15H21ClN2O2S/c1-18(13-6-9-21-11-13)10-15(19)17-7-8-20-14-4-2-12(16)3-5-14/h2-5,13H,6-11H2,1H3,(H,17,19). The van der Waals surface area contributed by atoms with E-state index in [-0.39, 0.29) is 5.91 Å². The lowest BCUT2D eigenvalue weighted by atomic mass is 10.2. The number of benzene rings is 1. The Balaban J connectivity index is 1.59. The molecule has 1 unspecified atom stereocenters. The number of hydrogen-bond acceptors (Lipinski definition) is 4. The van der Waals surface area contributed by atoms with Crippen LogP contribution < -0.4 is 10.1 Å². The summed E-state index contributed by atoms with van der Waals surface area (Å²) < 4.78 is 5.53. The van der Waals surface area contributed by atoms with E-state index < -0.39 is 0 Å². The van der Waals surface area contributed by atoms with Gasteiger partial charge in [0.15, 0.2) is 0 Å². The van der Waals surface area contributed by atoms with Crippen LogP contribution >= 0.6 is 23.4 Å². The van der Waals surface area contributed by atoms with Crippen molar-refractivity contribution in [2.45, 2.75) is 12.5 Å². The molecule has 2 rings (SSSR count). The maximum atomic E-state index is 11.8. The minimum absolute atomic E-state index is 0.0501. The molecule has 1 aromatic rings. The van der Waals surface area contributed by atoms with Crippen LogP contribution in [0.15, 0.2) is 24.3 Å². The zero-order valence-corrected chi connectivity index (χ0v) is 13.8. The highest BCUT2D eigenvalue weighted by Crippen LogP contribution is 2.20. The summed E-state index contributed by atoms with van der Waals surface area (Å²) in [4.78, 5) is 14.0. The van der Waals surface area contributed by atoms with Gasteiger partial charge in [-0.2, -0.15) is 11.8 Å². The maximum absolute atomic E-state index is 11.8. The fourth-order valence-electron chi connectivity index (χ4n) is 2.17. The first-order valence-electron chi connectivity index (χ1n) is 7.08. The molecule has 0 spiro atoms. The molecule has 116 valence electrons. The molecular formula is C15H21ClN2O2S. The van der Waals surface area contributed by atoms with Crippen LogP contribution in [0.25, 0.3) is 0 Å². The first-order chi connectivity index (χ1) is 10.1. The van der Waals surface area contributed by atoms with Crippen molar-refractivity contribution in [1.82, 2.24) is 10.2 Å². The van der Waals surface area contributed by atoms with Crippen LogP contribution in [0.2, 0.25) is 5.02 Å². The summed E-state index contributed by atoms with van der Waals surface area (Å²) in [6.45, 7) is 1.41. The van der Waals surface area contributed by atoms with Crippen molar-refractivity contribution in [3.8, 4) is 5.75 Å². The number of carbonyl (C=O) groups is 1. The van der Waals surface area contributed by atoms with Crippen LogP contribution in [-0.4, -0.2) is 55.1 Å². The fourth-order valence-corrected chi connectivity index (χ4v) is 3.60. The SMILES string of the molecule is CN(CC(=O)NCCOc1ccc(Cl)cc1)C1CCSC1. The molecule has 1 heterocycles. The van der Waals surface area contributed by atoms with Gasteiger partial charge in [0.05, 0.1) is 13.1 Å². The molecule has 1 aliphatic rings. The van der Waals surface area contributed by atoms with E-state index in [0.29, 0.717) is 30.8 Å². The summed E-state index contributed by atoms with van der Waals surface area (Å²) in [5, 5.41) is 3.56. The number of rotatable bonds is 7. The van der Waals surface area contributed by atoms with E-state index in [4.69, 9.17) is 16.3 Å². The van der Waals surface area contributed by atoms with Crippen LogP contribution in [0, 0.1) is 0 Å². The van der Waals surface area contributed by atoms with Crippen LogP contribution in [-0.2, 0) is 4.79 Å². The van der Waals surface area contributed by atoms with Crippen molar-refractivity contribution < 1.29 is 9.53 Å². The summed E-state index contributed by atoms with van der Waals surface area (Å²) >= 11 is 7.75. The molecule has 0 radical (unpaired) electrons. The monoisotopic (exact) mass is 328 g/mol. The third-order valence-corrected chi connectivity index (χ3v) is 4.83. The number of likely N-dealkylation sites (N-methyl/N-ethyl adjacent to an activating group) is 1. The van der Waals surface area contributed by atoms with Crippen molar-refractivity contribution in [3.63, 3.8) is 0 Å². The first kappa shape index (κ1) is 16.5. The molecule has 0 aromatic heterocycles. The lowest BCUT2D eigenvalue weighted by Crippen LogP contribution is -2.41. The first-order valence-corrected chi connectivity index (χ1v) is 8.61. The number of ether oxygens (including phenoxy) is 1. The summed E-state index contributed by atoms with van der Waals surface area (Å²) in [7, 11) is 2.01. The largest absolute Gasteiger partial charge is 0.492 e. The summed E-state index contributed by atoms with van der Waals surface area (Å²) in [5.74, 6) is 3.14. The van der Waals surface area contributed by atoms with Crippen molar-refractivity contribution in [1.29, 1.82) is 0 Å². The Morgan fingerprint density at radius 2 is 2.24 bits per heavy atom. The molecule has 1 fully saturated rings. The Morgan fingerprint density at radius 1 is 1.48 bits per heavy atom. The van der Waals surface area contributed by atoms with Crippen molar-refractivity contribution in [2.75, 3.05) is 38.2 Å². The van der Waals surface area contributed by atoms with E-state index in [2.05, 4.69) is 10.2 Å². The Kier molecular flexibility index (Phi) is 6.67. The molecule has 0 saturated carbocycles. The molecule has 0 aliphatic carbocycles. The number of amides is 1. The molecule has 21 heavy (non-hydrogen) atoms. The number of carbonyl (C=O) groups excluding carboxylic acids is 1. The van der Waals surface area contributed by atoms with Gasteiger partial charge in [0.1, 0.15) is 12.4 Å². The average Bonchev–Trinajstić information content (AvgIpc) is 3.00. The van der Waals surface area contributed by atoms with Gasteiger partial charge in [-0.3, -0.25) is 9.69 Å². The third-order valence-electron chi connectivity index (χ3n) is 3.43. The summed E-state index contributed by atoms with van der Waals surface area (Å²) in [6, 6.07) is 7.73. The highest BCUT2D eigenvalue weighted by Gasteiger charge is 2.21. The van der Waals surface area contributed by atoms with E-state index in [1.165, 1.54) is 12.2 Å². The molecule has 1 aliphatic heterocycles. The Hall–Kier alpha value is -0.910. The molecule has 1 aromatic carbocycles. The van der Waals surface area contributed by atoms with Gasteiger partial charge < -0.3 is 10.1 Å². The van der Waals surface area contributed by atoms with E-state index in [0.717, 1.165) is 11.5 Å². The van der Waals surface area contributed by atoms with Gasteiger partial charge in [-0.25, -0.2) is 0 Å². The van der Waals surface area contributed by atoms with Gasteiger partial charge in [-0.1, -0.05) is 11.6 Å². The average molecular weight is 329 g/mol. The lowest BCUT2D eigenvalue weighted by Gasteiger charge is -2.22. The second-order valence-electron chi connectivity index (χ2n) is 5.08. The zero-order chi connectivity index (χ0) is 15.1. The number of halogens is 1. The molecule has 6 heteroatoms. The predicted octanol–water partition coefficient (Wildman–Crippen LogP) is 2.27. The van der Waals surface area contributed by atoms with Crippen LogP contribution in [0.5, 0.6) is 5.75 Å². The van der Waals surface area contributed by atoms with Crippen LogP contribution in [0.4, 0.5) is 0 Å². The minimum atomic E-state index is 0.0501. The van der Waals surface area contributed by atoms with Crippen molar-refractivity contribution in [3.05, 3.63) is 29.3 Å². The van der Waals surface area contributed by atoms with E-state index in [1.54, 1.807) is 12.1 Å². The quantitative estimate of drug-likeness (QED) is 0.780. The topological polar surface area (TPSA) is 41.6 Å². The Labute approximate surface area is 135 Å². The number of nitrogens with zero attached hydrogens (tertiary/aromatic N) is 1. The zero-order valence-electron chi connectivity index (χ0n) is 12.2. The number of nitrogens with one attached hydrogen (secondary N) is 1. The van der Waals surface area contributed by atoms with Crippen molar-refractivity contribution in [2.24, 2.45) is 0 Å². The molecule has 0 bridgehead atoms.